The van der Waals surface area contributed by atoms with E-state index in [9.17, 15) is 9.90 Å². The number of nitrogens with one attached hydrogen (secondary N) is 1. The SMILES string of the molecule is C[C@](N)(CO)C(=O)Nc1ccc(-c2ccc(OCCc3ccc(-c4ccccc4Cl)cc3)cc2)cc1. The number of carbonyl (C=O) groups is 1. The van der Waals surface area contributed by atoms with Crippen molar-refractivity contribution in [1.29, 1.82) is 0 Å². The highest BCUT2D eigenvalue weighted by atomic mass is 35.5. The Morgan fingerprint density at radius 2 is 1.47 bits per heavy atom. The third kappa shape index (κ3) is 6.32. The molecule has 0 saturated carbocycles. The number of aliphatic hydroxyl groups is 1. The first kappa shape index (κ1) is 25.5. The van der Waals surface area contributed by atoms with Crippen molar-refractivity contribution in [3.05, 3.63) is 108 Å². The van der Waals surface area contributed by atoms with Gasteiger partial charge in [0.15, 0.2) is 0 Å². The largest absolute Gasteiger partial charge is 0.493 e. The number of amides is 1. The highest BCUT2D eigenvalue weighted by Crippen LogP contribution is 2.28. The van der Waals surface area contributed by atoms with E-state index in [1.807, 2.05) is 72.8 Å². The van der Waals surface area contributed by atoms with Crippen LogP contribution in [0.5, 0.6) is 5.75 Å². The molecule has 5 nitrogen and oxygen atoms in total. The molecule has 4 N–H and O–H groups in total. The number of ether oxygens (including phenoxy) is 1. The van der Waals surface area contributed by atoms with Crippen LogP contribution >= 0.6 is 11.6 Å². The zero-order valence-electron chi connectivity index (χ0n) is 20.1. The highest BCUT2D eigenvalue weighted by molar-refractivity contribution is 6.33. The van der Waals surface area contributed by atoms with Crippen molar-refractivity contribution in [1.82, 2.24) is 0 Å². The second-order valence-electron chi connectivity index (χ2n) is 8.91. The van der Waals surface area contributed by atoms with Gasteiger partial charge in [0, 0.05) is 22.7 Å². The molecule has 0 heterocycles. The summed E-state index contributed by atoms with van der Waals surface area (Å²) < 4.78 is 5.94. The zero-order valence-corrected chi connectivity index (χ0v) is 20.8. The van der Waals surface area contributed by atoms with E-state index in [4.69, 9.17) is 22.1 Å². The smallest absolute Gasteiger partial charge is 0.246 e. The van der Waals surface area contributed by atoms with Crippen LogP contribution in [0.4, 0.5) is 5.69 Å². The van der Waals surface area contributed by atoms with Gasteiger partial charge in [-0.3, -0.25) is 4.79 Å². The molecule has 1 atom stereocenters. The number of nitrogens with two attached hydrogens (primary N) is 1. The van der Waals surface area contributed by atoms with E-state index < -0.39 is 18.1 Å². The number of halogens is 1. The van der Waals surface area contributed by atoms with Crippen LogP contribution in [-0.2, 0) is 11.2 Å². The van der Waals surface area contributed by atoms with Crippen LogP contribution in [0.25, 0.3) is 22.3 Å². The Morgan fingerprint density at radius 1 is 0.889 bits per heavy atom. The van der Waals surface area contributed by atoms with Crippen molar-refractivity contribution < 1.29 is 14.6 Å². The summed E-state index contributed by atoms with van der Waals surface area (Å²) in [7, 11) is 0. The van der Waals surface area contributed by atoms with E-state index in [-0.39, 0.29) is 0 Å². The minimum Gasteiger partial charge on any atom is -0.493 e. The van der Waals surface area contributed by atoms with Gasteiger partial charge in [-0.05, 0) is 59.5 Å². The molecule has 4 aromatic rings. The molecule has 0 radical (unpaired) electrons. The van der Waals surface area contributed by atoms with Gasteiger partial charge >= 0.3 is 0 Å². The van der Waals surface area contributed by atoms with Gasteiger partial charge in [-0.25, -0.2) is 0 Å². The van der Waals surface area contributed by atoms with Gasteiger partial charge in [0.05, 0.1) is 13.2 Å². The third-order valence-electron chi connectivity index (χ3n) is 5.98. The van der Waals surface area contributed by atoms with E-state index >= 15 is 0 Å². The molecule has 0 unspecified atom stereocenters. The summed E-state index contributed by atoms with van der Waals surface area (Å²) in [5, 5.41) is 12.7. The van der Waals surface area contributed by atoms with Crippen LogP contribution in [0.15, 0.2) is 97.1 Å². The molecule has 4 rings (SSSR count). The summed E-state index contributed by atoms with van der Waals surface area (Å²) in [6, 6.07) is 31.6. The van der Waals surface area contributed by atoms with E-state index in [0.717, 1.165) is 39.4 Å². The highest BCUT2D eigenvalue weighted by Gasteiger charge is 2.27. The van der Waals surface area contributed by atoms with Gasteiger partial charge < -0.3 is 20.9 Å². The summed E-state index contributed by atoms with van der Waals surface area (Å²) in [4.78, 5) is 12.1. The van der Waals surface area contributed by atoms with Crippen molar-refractivity contribution in [3.8, 4) is 28.0 Å². The Morgan fingerprint density at radius 3 is 2.08 bits per heavy atom. The number of carbonyl (C=O) groups excluding carboxylic acids is 1. The summed E-state index contributed by atoms with van der Waals surface area (Å²) in [5.41, 5.74) is 10.4. The molecule has 0 spiro atoms. The molecule has 0 fully saturated rings. The molecular weight excluding hydrogens is 472 g/mol. The van der Waals surface area contributed by atoms with E-state index in [0.29, 0.717) is 12.3 Å². The minimum atomic E-state index is -1.32. The van der Waals surface area contributed by atoms with E-state index in [2.05, 4.69) is 29.6 Å². The minimum absolute atomic E-state index is 0.429. The Labute approximate surface area is 216 Å². The zero-order chi connectivity index (χ0) is 25.5. The van der Waals surface area contributed by atoms with E-state index in [1.54, 1.807) is 0 Å². The number of rotatable bonds is 9. The van der Waals surface area contributed by atoms with Crippen LogP contribution in [0.3, 0.4) is 0 Å². The van der Waals surface area contributed by atoms with Crippen molar-refractivity contribution in [2.45, 2.75) is 18.9 Å². The van der Waals surface area contributed by atoms with Crippen molar-refractivity contribution in [2.75, 3.05) is 18.5 Å². The fourth-order valence-electron chi connectivity index (χ4n) is 3.67. The third-order valence-corrected chi connectivity index (χ3v) is 6.31. The number of benzene rings is 4. The molecule has 0 aliphatic carbocycles. The van der Waals surface area contributed by atoms with E-state index in [1.165, 1.54) is 12.5 Å². The van der Waals surface area contributed by atoms with Crippen LogP contribution in [0.2, 0.25) is 5.02 Å². The maximum Gasteiger partial charge on any atom is 0.246 e. The molecule has 0 aromatic heterocycles. The van der Waals surface area contributed by atoms with Gasteiger partial charge in [0.25, 0.3) is 0 Å². The molecule has 0 saturated heterocycles. The van der Waals surface area contributed by atoms with Crippen LogP contribution < -0.4 is 15.8 Å². The molecule has 0 aliphatic rings. The van der Waals surface area contributed by atoms with Gasteiger partial charge in [-0.2, -0.15) is 0 Å². The molecule has 0 bridgehead atoms. The van der Waals surface area contributed by atoms with Gasteiger partial charge in [0.1, 0.15) is 11.3 Å². The predicted molar refractivity (Wildman–Crippen MR) is 146 cm³/mol. The molecular formula is C30H29ClN2O3. The lowest BCUT2D eigenvalue weighted by Crippen LogP contribution is -2.51. The van der Waals surface area contributed by atoms with Crippen LogP contribution in [0.1, 0.15) is 12.5 Å². The molecule has 184 valence electrons. The number of hydrogen-bond donors (Lipinski definition) is 3. The second kappa shape index (κ2) is 11.4. The average Bonchev–Trinajstić information content (AvgIpc) is 2.90. The maximum atomic E-state index is 12.1. The lowest BCUT2D eigenvalue weighted by molar-refractivity contribution is -0.121. The fraction of sp³-hybridized carbons (Fsp3) is 0.167. The summed E-state index contributed by atoms with van der Waals surface area (Å²) in [6.45, 7) is 1.63. The first-order valence-electron chi connectivity index (χ1n) is 11.7. The predicted octanol–water partition coefficient (Wildman–Crippen LogP) is 5.94. The lowest BCUT2D eigenvalue weighted by atomic mass is 10.0. The quantitative estimate of drug-likeness (QED) is 0.265. The average molecular weight is 501 g/mol. The summed E-state index contributed by atoms with van der Waals surface area (Å²) in [5.74, 6) is 0.373. The lowest BCUT2D eigenvalue weighted by Gasteiger charge is -2.20. The van der Waals surface area contributed by atoms with Gasteiger partial charge in [0.2, 0.25) is 5.91 Å². The normalized spacial score (nSPS) is 12.6. The first-order valence-corrected chi connectivity index (χ1v) is 12.1. The molecule has 36 heavy (non-hydrogen) atoms. The molecule has 4 aromatic carbocycles. The van der Waals surface area contributed by atoms with Crippen LogP contribution in [-0.4, -0.2) is 29.8 Å². The number of anilines is 1. The first-order chi connectivity index (χ1) is 17.4. The topological polar surface area (TPSA) is 84.6 Å². The molecule has 6 heteroatoms. The second-order valence-corrected chi connectivity index (χ2v) is 9.31. The Balaban J connectivity index is 1.29. The standard InChI is InChI=1S/C30H29ClN2O3/c1-30(32,20-34)29(35)33-25-14-10-22(11-15-25)23-12-16-26(17-13-23)36-19-18-21-6-8-24(9-7-21)27-4-2-3-5-28(27)31/h2-17,34H,18-20,32H2,1H3,(H,33,35)/t30-/m0/s1. The summed E-state index contributed by atoms with van der Waals surface area (Å²) in [6.07, 6.45) is 0.801. The summed E-state index contributed by atoms with van der Waals surface area (Å²) >= 11 is 6.30. The van der Waals surface area contributed by atoms with Crippen molar-refractivity contribution >= 4 is 23.2 Å². The molecule has 0 aliphatic heterocycles. The molecule has 1 amide bonds. The fourth-order valence-corrected chi connectivity index (χ4v) is 3.91. The number of aliphatic hydroxyl groups excluding tert-OH is 1. The van der Waals surface area contributed by atoms with Gasteiger partial charge in [-0.15, -0.1) is 0 Å². The van der Waals surface area contributed by atoms with Crippen molar-refractivity contribution in [2.24, 2.45) is 5.73 Å². The van der Waals surface area contributed by atoms with Crippen LogP contribution in [0, 0.1) is 0 Å². The maximum absolute atomic E-state index is 12.1. The Kier molecular flexibility index (Phi) is 8.06. The van der Waals surface area contributed by atoms with Gasteiger partial charge in [-0.1, -0.05) is 78.3 Å². The number of hydrogen-bond acceptors (Lipinski definition) is 4. The Bertz CT molecular complexity index is 1300. The monoisotopic (exact) mass is 500 g/mol. The van der Waals surface area contributed by atoms with Crippen molar-refractivity contribution in [3.63, 3.8) is 0 Å². The Hall–Kier alpha value is -3.64.